The Bertz CT molecular complexity index is 138. The molecule has 0 heterocycles. The minimum absolute atomic E-state index is 0.126. The average molecular weight is 269 g/mol. The number of alkyl halides is 1. The van der Waals surface area contributed by atoms with Gasteiger partial charge in [-0.3, -0.25) is 4.79 Å². The first-order chi connectivity index (χ1) is 4.84. The highest BCUT2D eigenvalue weighted by molar-refractivity contribution is 14.1. The molecule has 0 aliphatic heterocycles. The molecule has 3 heteroatoms. The van der Waals surface area contributed by atoms with E-state index in [9.17, 15) is 4.79 Å². The van der Waals surface area contributed by atoms with Crippen molar-refractivity contribution in [2.75, 3.05) is 6.54 Å². The van der Waals surface area contributed by atoms with Crippen molar-refractivity contribution in [3.63, 3.8) is 0 Å². The molecule has 0 saturated heterocycles. The second-order valence-electron chi connectivity index (χ2n) is 3.74. The van der Waals surface area contributed by atoms with E-state index in [0.29, 0.717) is 3.92 Å². The maximum Gasteiger partial charge on any atom is 0.225 e. The zero-order valence-corrected chi connectivity index (χ0v) is 9.73. The lowest BCUT2D eigenvalue weighted by atomic mass is 9.96. The molecule has 0 radical (unpaired) electrons. The molecule has 0 fully saturated rings. The van der Waals surface area contributed by atoms with Crippen LogP contribution < -0.4 is 5.32 Å². The Morgan fingerprint density at radius 2 is 2.00 bits per heavy atom. The van der Waals surface area contributed by atoms with Crippen molar-refractivity contribution in [1.82, 2.24) is 5.32 Å². The second-order valence-corrected chi connectivity index (χ2v) is 5.87. The van der Waals surface area contributed by atoms with Gasteiger partial charge in [-0.15, -0.1) is 0 Å². The summed E-state index contributed by atoms with van der Waals surface area (Å²) in [7, 11) is 0. The molecule has 1 unspecified atom stereocenters. The van der Waals surface area contributed by atoms with E-state index < -0.39 is 0 Å². The van der Waals surface area contributed by atoms with Crippen molar-refractivity contribution in [2.24, 2.45) is 5.41 Å². The molecule has 1 amide bonds. The summed E-state index contributed by atoms with van der Waals surface area (Å²) >= 11 is 2.29. The number of hydrogen-bond acceptors (Lipinski definition) is 1. The van der Waals surface area contributed by atoms with Crippen molar-refractivity contribution in [1.29, 1.82) is 0 Å². The Kier molecular flexibility index (Phi) is 4.36. The fourth-order valence-corrected chi connectivity index (χ4v) is 0.719. The van der Waals surface area contributed by atoms with Crippen molar-refractivity contribution in [3.8, 4) is 0 Å². The lowest BCUT2D eigenvalue weighted by Gasteiger charge is -2.18. The van der Waals surface area contributed by atoms with Gasteiger partial charge in [-0.05, 0) is 0 Å². The van der Waals surface area contributed by atoms with Crippen LogP contribution in [0.3, 0.4) is 0 Å². The highest BCUT2D eigenvalue weighted by Crippen LogP contribution is 2.12. The lowest BCUT2D eigenvalue weighted by Crippen LogP contribution is -2.37. The van der Waals surface area contributed by atoms with E-state index in [1.165, 1.54) is 0 Å². The predicted molar refractivity (Wildman–Crippen MR) is 55.9 cm³/mol. The minimum Gasteiger partial charge on any atom is -0.355 e. The molecular weight excluding hydrogens is 253 g/mol. The molecule has 0 rings (SSSR count). The fraction of sp³-hybridized carbons (Fsp3) is 0.875. The highest BCUT2D eigenvalue weighted by Gasteiger charge is 2.20. The van der Waals surface area contributed by atoms with Crippen LogP contribution in [0.4, 0.5) is 0 Å². The number of rotatable bonds is 2. The molecule has 1 atom stereocenters. The van der Waals surface area contributed by atoms with Crippen LogP contribution in [0.1, 0.15) is 27.7 Å². The van der Waals surface area contributed by atoms with Crippen LogP contribution in [-0.4, -0.2) is 16.4 Å². The molecule has 0 bridgehead atoms. The van der Waals surface area contributed by atoms with E-state index in [0.717, 1.165) is 6.54 Å². The largest absolute Gasteiger partial charge is 0.355 e. The van der Waals surface area contributed by atoms with Gasteiger partial charge in [-0.2, -0.15) is 0 Å². The number of amides is 1. The van der Waals surface area contributed by atoms with Gasteiger partial charge in [0.25, 0.3) is 0 Å². The normalized spacial score (nSPS) is 14.3. The quantitative estimate of drug-likeness (QED) is 0.602. The third-order valence-electron chi connectivity index (χ3n) is 1.23. The van der Waals surface area contributed by atoms with Crippen LogP contribution >= 0.6 is 22.6 Å². The molecule has 66 valence electrons. The van der Waals surface area contributed by atoms with Gasteiger partial charge in [0.15, 0.2) is 0 Å². The second kappa shape index (κ2) is 4.28. The number of hydrogen-bond donors (Lipinski definition) is 1. The van der Waals surface area contributed by atoms with Gasteiger partial charge in [0.05, 0.1) is 0 Å². The number of carbonyl (C=O) groups is 1. The number of carbonyl (C=O) groups excluding carboxylic acids is 1. The van der Waals surface area contributed by atoms with E-state index >= 15 is 0 Å². The molecule has 0 aromatic carbocycles. The smallest absolute Gasteiger partial charge is 0.225 e. The first kappa shape index (κ1) is 11.2. The first-order valence-corrected chi connectivity index (χ1v) is 5.01. The van der Waals surface area contributed by atoms with Gasteiger partial charge in [0.1, 0.15) is 0 Å². The lowest BCUT2D eigenvalue weighted by molar-refractivity contribution is -0.128. The summed E-state index contributed by atoms with van der Waals surface area (Å²) in [5, 5.41) is 2.88. The molecule has 0 aliphatic carbocycles. The summed E-state index contributed by atoms with van der Waals surface area (Å²) in [5.74, 6) is 0.126. The van der Waals surface area contributed by atoms with E-state index in [1.54, 1.807) is 0 Å². The Morgan fingerprint density at radius 3 is 2.27 bits per heavy atom. The standard InChI is InChI=1S/C8H16INO/c1-6(9)5-10-7(11)8(2,3)4/h6H,5H2,1-4H3,(H,10,11). The molecule has 0 spiro atoms. The molecule has 0 aromatic heterocycles. The third kappa shape index (κ3) is 5.47. The van der Waals surface area contributed by atoms with Gasteiger partial charge in [-0.1, -0.05) is 50.3 Å². The molecule has 0 aromatic rings. The molecule has 11 heavy (non-hydrogen) atoms. The van der Waals surface area contributed by atoms with E-state index in [1.807, 2.05) is 20.8 Å². The van der Waals surface area contributed by atoms with Gasteiger partial charge in [-0.25, -0.2) is 0 Å². The first-order valence-electron chi connectivity index (χ1n) is 3.76. The van der Waals surface area contributed by atoms with Crippen molar-refractivity contribution >= 4 is 28.5 Å². The van der Waals surface area contributed by atoms with Gasteiger partial charge < -0.3 is 5.32 Å². The van der Waals surface area contributed by atoms with Crippen LogP contribution in [-0.2, 0) is 4.79 Å². The SMILES string of the molecule is CC(I)CNC(=O)C(C)(C)C. The molecule has 1 N–H and O–H groups in total. The molecule has 0 aliphatic rings. The topological polar surface area (TPSA) is 29.1 Å². The summed E-state index contributed by atoms with van der Waals surface area (Å²) in [6.07, 6.45) is 0. The summed E-state index contributed by atoms with van der Waals surface area (Å²) in [6, 6.07) is 0. The van der Waals surface area contributed by atoms with Gasteiger partial charge in [0, 0.05) is 15.9 Å². The van der Waals surface area contributed by atoms with E-state index in [4.69, 9.17) is 0 Å². The zero-order valence-electron chi connectivity index (χ0n) is 7.57. The third-order valence-corrected chi connectivity index (χ3v) is 1.67. The summed E-state index contributed by atoms with van der Waals surface area (Å²) < 4.78 is 0.499. The van der Waals surface area contributed by atoms with Crippen LogP contribution in [0.15, 0.2) is 0 Å². The fourth-order valence-electron chi connectivity index (χ4n) is 0.499. The van der Waals surface area contributed by atoms with E-state index in [2.05, 4.69) is 34.8 Å². The maximum absolute atomic E-state index is 11.3. The van der Waals surface area contributed by atoms with Gasteiger partial charge >= 0.3 is 0 Å². The minimum atomic E-state index is -0.258. The Hall–Kier alpha value is 0.200. The summed E-state index contributed by atoms with van der Waals surface area (Å²) in [6.45, 7) is 8.58. The van der Waals surface area contributed by atoms with Crippen LogP contribution in [0.2, 0.25) is 0 Å². The van der Waals surface area contributed by atoms with Crippen LogP contribution in [0.5, 0.6) is 0 Å². The molecular formula is C8H16INO. The zero-order chi connectivity index (χ0) is 9.07. The summed E-state index contributed by atoms with van der Waals surface area (Å²) in [5.41, 5.74) is -0.258. The van der Waals surface area contributed by atoms with E-state index in [-0.39, 0.29) is 11.3 Å². The predicted octanol–water partition coefficient (Wildman–Crippen LogP) is 1.97. The van der Waals surface area contributed by atoms with Crippen molar-refractivity contribution in [3.05, 3.63) is 0 Å². The number of halogens is 1. The van der Waals surface area contributed by atoms with Crippen molar-refractivity contribution < 1.29 is 4.79 Å². The van der Waals surface area contributed by atoms with Crippen molar-refractivity contribution in [2.45, 2.75) is 31.6 Å². The Morgan fingerprint density at radius 1 is 1.55 bits per heavy atom. The van der Waals surface area contributed by atoms with Crippen LogP contribution in [0, 0.1) is 5.41 Å². The Labute approximate surface area is 82.3 Å². The monoisotopic (exact) mass is 269 g/mol. The number of nitrogens with one attached hydrogen (secondary N) is 1. The average Bonchev–Trinajstić information content (AvgIpc) is 1.80. The van der Waals surface area contributed by atoms with Crippen LogP contribution in [0.25, 0.3) is 0 Å². The summed E-state index contributed by atoms with van der Waals surface area (Å²) in [4.78, 5) is 11.3. The molecule has 0 saturated carbocycles. The highest BCUT2D eigenvalue weighted by atomic mass is 127. The Balaban J connectivity index is 3.71. The molecule has 2 nitrogen and oxygen atoms in total. The maximum atomic E-state index is 11.3. The van der Waals surface area contributed by atoms with Gasteiger partial charge in [0.2, 0.25) is 5.91 Å².